The number of carbonyl (C=O) groups is 1. The first kappa shape index (κ1) is 13.0. The maximum absolute atomic E-state index is 11.0. The number of amides is 1. The lowest BCUT2D eigenvalue weighted by Crippen LogP contribution is -2.28. The number of aromatic nitrogens is 2. The van der Waals surface area contributed by atoms with Crippen molar-refractivity contribution < 1.29 is 9.53 Å². The van der Waals surface area contributed by atoms with Crippen LogP contribution in [0.2, 0.25) is 0 Å². The molecule has 0 spiro atoms. The average Bonchev–Trinajstić information content (AvgIpc) is 2.86. The molecule has 2 rings (SSSR count). The van der Waals surface area contributed by atoms with Crippen molar-refractivity contribution in [3.8, 4) is 0 Å². The Kier molecular flexibility index (Phi) is 3.98. The first-order chi connectivity index (χ1) is 8.60. The molecule has 0 radical (unpaired) electrons. The SMILES string of the molecule is COC[C@@H]1C[C@H](n2cc(NC(C)=O)cn2)CN1C. The van der Waals surface area contributed by atoms with Gasteiger partial charge in [0.2, 0.25) is 5.91 Å². The van der Waals surface area contributed by atoms with E-state index in [-0.39, 0.29) is 5.91 Å². The van der Waals surface area contributed by atoms with Crippen molar-refractivity contribution >= 4 is 11.6 Å². The molecule has 1 aromatic heterocycles. The zero-order valence-electron chi connectivity index (χ0n) is 11.1. The van der Waals surface area contributed by atoms with Crippen molar-refractivity contribution in [1.29, 1.82) is 0 Å². The molecule has 1 aliphatic rings. The first-order valence-corrected chi connectivity index (χ1v) is 6.11. The van der Waals surface area contributed by atoms with Gasteiger partial charge in [0.1, 0.15) is 0 Å². The Bertz CT molecular complexity index is 418. The van der Waals surface area contributed by atoms with E-state index in [2.05, 4.69) is 22.4 Å². The molecule has 1 N–H and O–H groups in total. The second-order valence-electron chi connectivity index (χ2n) is 4.83. The number of methoxy groups -OCH3 is 1. The van der Waals surface area contributed by atoms with Gasteiger partial charge in [0.05, 0.1) is 24.5 Å². The number of rotatable bonds is 4. The molecule has 0 bridgehead atoms. The van der Waals surface area contributed by atoms with Gasteiger partial charge in [-0.15, -0.1) is 0 Å². The van der Waals surface area contributed by atoms with Gasteiger partial charge in [-0.2, -0.15) is 5.10 Å². The number of carbonyl (C=O) groups excluding carboxylic acids is 1. The number of hydrogen-bond donors (Lipinski definition) is 1. The highest BCUT2D eigenvalue weighted by Crippen LogP contribution is 2.26. The molecule has 1 saturated heterocycles. The molecular formula is C12H20N4O2. The summed E-state index contributed by atoms with van der Waals surface area (Å²) >= 11 is 0. The minimum absolute atomic E-state index is 0.0738. The highest BCUT2D eigenvalue weighted by Gasteiger charge is 2.30. The average molecular weight is 252 g/mol. The molecule has 2 atom stereocenters. The molecule has 1 aliphatic heterocycles. The fraction of sp³-hybridized carbons (Fsp3) is 0.667. The number of ether oxygens (including phenoxy) is 1. The Hall–Kier alpha value is -1.40. The zero-order chi connectivity index (χ0) is 13.1. The quantitative estimate of drug-likeness (QED) is 0.858. The van der Waals surface area contributed by atoms with Crippen LogP contribution in [-0.2, 0) is 9.53 Å². The second kappa shape index (κ2) is 5.49. The number of anilines is 1. The van der Waals surface area contributed by atoms with Crippen LogP contribution < -0.4 is 5.32 Å². The van der Waals surface area contributed by atoms with Crippen molar-refractivity contribution in [3.05, 3.63) is 12.4 Å². The predicted molar refractivity (Wildman–Crippen MR) is 68.5 cm³/mol. The Morgan fingerprint density at radius 3 is 3.11 bits per heavy atom. The third-order valence-electron chi connectivity index (χ3n) is 3.32. The van der Waals surface area contributed by atoms with E-state index in [4.69, 9.17) is 4.74 Å². The van der Waals surface area contributed by atoms with Crippen molar-refractivity contribution in [1.82, 2.24) is 14.7 Å². The van der Waals surface area contributed by atoms with Crippen molar-refractivity contribution in [2.45, 2.75) is 25.4 Å². The summed E-state index contributed by atoms with van der Waals surface area (Å²) < 4.78 is 7.14. The molecule has 6 heteroatoms. The summed E-state index contributed by atoms with van der Waals surface area (Å²) in [6, 6.07) is 0.783. The Morgan fingerprint density at radius 2 is 2.44 bits per heavy atom. The highest BCUT2D eigenvalue weighted by molar-refractivity contribution is 5.88. The number of likely N-dealkylation sites (tertiary alicyclic amines) is 1. The van der Waals surface area contributed by atoms with E-state index < -0.39 is 0 Å². The van der Waals surface area contributed by atoms with Gasteiger partial charge in [0.15, 0.2) is 0 Å². The number of likely N-dealkylation sites (N-methyl/N-ethyl adjacent to an activating group) is 1. The van der Waals surface area contributed by atoms with Gasteiger partial charge in [-0.05, 0) is 13.5 Å². The zero-order valence-corrected chi connectivity index (χ0v) is 11.1. The van der Waals surface area contributed by atoms with Gasteiger partial charge in [-0.1, -0.05) is 0 Å². The molecule has 0 saturated carbocycles. The third-order valence-corrected chi connectivity index (χ3v) is 3.32. The van der Waals surface area contributed by atoms with Crippen LogP contribution >= 0.6 is 0 Å². The fourth-order valence-corrected chi connectivity index (χ4v) is 2.43. The molecule has 100 valence electrons. The van der Waals surface area contributed by atoms with E-state index in [1.807, 2.05) is 10.9 Å². The minimum atomic E-state index is -0.0738. The van der Waals surface area contributed by atoms with Crippen LogP contribution in [0.3, 0.4) is 0 Å². The maximum atomic E-state index is 11.0. The van der Waals surface area contributed by atoms with E-state index in [1.54, 1.807) is 13.3 Å². The lowest BCUT2D eigenvalue weighted by Gasteiger charge is -2.17. The second-order valence-corrected chi connectivity index (χ2v) is 4.83. The van der Waals surface area contributed by atoms with E-state index in [9.17, 15) is 4.79 Å². The molecule has 1 amide bonds. The molecule has 2 heterocycles. The summed E-state index contributed by atoms with van der Waals surface area (Å²) in [4.78, 5) is 13.2. The predicted octanol–water partition coefficient (Wildman–Crippen LogP) is 0.733. The summed E-state index contributed by atoms with van der Waals surface area (Å²) in [5, 5.41) is 7.05. The Balaban J connectivity index is 2.00. The van der Waals surface area contributed by atoms with Gasteiger partial charge < -0.3 is 10.1 Å². The largest absolute Gasteiger partial charge is 0.383 e. The third kappa shape index (κ3) is 2.88. The van der Waals surface area contributed by atoms with E-state index in [0.717, 1.165) is 25.3 Å². The van der Waals surface area contributed by atoms with Crippen LogP contribution in [-0.4, -0.2) is 53.9 Å². The van der Waals surface area contributed by atoms with Crippen LogP contribution in [0.4, 0.5) is 5.69 Å². The molecule has 0 aromatic carbocycles. The lowest BCUT2D eigenvalue weighted by atomic mass is 10.2. The monoisotopic (exact) mass is 252 g/mol. The summed E-state index contributed by atoms with van der Waals surface area (Å²) in [7, 11) is 3.83. The number of nitrogens with one attached hydrogen (secondary N) is 1. The summed E-state index contributed by atoms with van der Waals surface area (Å²) in [6.07, 6.45) is 4.59. The topological polar surface area (TPSA) is 59.4 Å². The van der Waals surface area contributed by atoms with Gasteiger partial charge in [-0.3, -0.25) is 14.4 Å². The van der Waals surface area contributed by atoms with Crippen molar-refractivity contribution in [3.63, 3.8) is 0 Å². The number of nitrogens with zero attached hydrogens (tertiary/aromatic N) is 3. The molecule has 6 nitrogen and oxygen atoms in total. The van der Waals surface area contributed by atoms with Gasteiger partial charge >= 0.3 is 0 Å². The summed E-state index contributed by atoms with van der Waals surface area (Å²) in [5.74, 6) is -0.0738. The van der Waals surface area contributed by atoms with Crippen LogP contribution in [0.15, 0.2) is 12.4 Å². The smallest absolute Gasteiger partial charge is 0.221 e. The molecular weight excluding hydrogens is 232 g/mol. The Morgan fingerprint density at radius 1 is 1.67 bits per heavy atom. The van der Waals surface area contributed by atoms with Crippen LogP contribution in [0.25, 0.3) is 0 Å². The van der Waals surface area contributed by atoms with Crippen molar-refractivity contribution in [2.24, 2.45) is 0 Å². The molecule has 18 heavy (non-hydrogen) atoms. The fourth-order valence-electron chi connectivity index (χ4n) is 2.43. The van der Waals surface area contributed by atoms with E-state index >= 15 is 0 Å². The summed E-state index contributed by atoms with van der Waals surface area (Å²) in [6.45, 7) is 3.19. The van der Waals surface area contributed by atoms with E-state index in [1.165, 1.54) is 6.92 Å². The van der Waals surface area contributed by atoms with E-state index in [0.29, 0.717) is 12.1 Å². The van der Waals surface area contributed by atoms with Gasteiger partial charge in [0, 0.05) is 32.8 Å². The van der Waals surface area contributed by atoms with Gasteiger partial charge in [-0.25, -0.2) is 0 Å². The first-order valence-electron chi connectivity index (χ1n) is 6.11. The molecule has 1 aromatic rings. The van der Waals surface area contributed by atoms with Crippen LogP contribution in [0, 0.1) is 0 Å². The minimum Gasteiger partial charge on any atom is -0.383 e. The maximum Gasteiger partial charge on any atom is 0.221 e. The lowest BCUT2D eigenvalue weighted by molar-refractivity contribution is -0.114. The molecule has 0 unspecified atom stereocenters. The molecule has 1 fully saturated rings. The number of hydrogen-bond acceptors (Lipinski definition) is 4. The van der Waals surface area contributed by atoms with Crippen molar-refractivity contribution in [2.75, 3.05) is 32.6 Å². The van der Waals surface area contributed by atoms with Gasteiger partial charge in [0.25, 0.3) is 0 Å². The standard InChI is InChI=1S/C12H20N4O2/c1-9(17)14-10-5-13-16(6-10)11-4-12(8-18-3)15(2)7-11/h5-6,11-12H,4,7-8H2,1-3H3,(H,14,17)/t11-,12-/m0/s1. The molecule has 0 aliphatic carbocycles. The normalized spacial score (nSPS) is 24.4. The highest BCUT2D eigenvalue weighted by atomic mass is 16.5. The summed E-state index contributed by atoms with van der Waals surface area (Å²) in [5.41, 5.74) is 0.750. The van der Waals surface area contributed by atoms with Crippen LogP contribution in [0.1, 0.15) is 19.4 Å². The van der Waals surface area contributed by atoms with Crippen LogP contribution in [0.5, 0.6) is 0 Å². The Labute approximate surface area is 107 Å².